The van der Waals surface area contributed by atoms with Crippen LogP contribution in [-0.2, 0) is 0 Å². The van der Waals surface area contributed by atoms with Gasteiger partial charge in [0.25, 0.3) is 0 Å². The largest absolute Gasteiger partial charge is 0.248 e. The number of hydrogen-bond acceptors (Lipinski definition) is 6. The molecule has 2 aromatic rings. The maximum atomic E-state index is 9.82. The van der Waals surface area contributed by atoms with Crippen LogP contribution >= 0.6 is 0 Å². The Hall–Kier alpha value is -4.26. The van der Waals surface area contributed by atoms with Crippen LogP contribution in [0.3, 0.4) is 0 Å². The highest BCUT2D eigenvalue weighted by molar-refractivity contribution is 5.91. The molecular weight excluding hydrogens is 372 g/mol. The summed E-state index contributed by atoms with van der Waals surface area (Å²) in [7, 11) is 0. The second kappa shape index (κ2) is 8.83. The SMILES string of the molecule is Cc1cccc(C)c1N=[C]C(C#N)(C#N)C([C]=Nc1c(C)cccc1C)(C#N)C#N. The van der Waals surface area contributed by atoms with Crippen molar-refractivity contribution < 1.29 is 0 Å². The number of nitriles is 4. The minimum absolute atomic E-state index is 0.517. The number of aryl methyl sites for hydroxylation is 4. The molecule has 0 amide bonds. The van der Waals surface area contributed by atoms with Gasteiger partial charge in [0.15, 0.2) is 0 Å². The van der Waals surface area contributed by atoms with Crippen LogP contribution in [0, 0.1) is 83.8 Å². The van der Waals surface area contributed by atoms with Crippen molar-refractivity contribution in [2.75, 3.05) is 0 Å². The molecule has 0 saturated carbocycles. The Morgan fingerprint density at radius 1 is 0.567 bits per heavy atom. The highest BCUT2D eigenvalue weighted by Gasteiger charge is 2.55. The first-order valence-corrected chi connectivity index (χ1v) is 9.03. The minimum atomic E-state index is -2.33. The monoisotopic (exact) mass is 390 g/mol. The van der Waals surface area contributed by atoms with E-state index in [1.807, 2.05) is 64.1 Å². The molecule has 0 fully saturated rings. The van der Waals surface area contributed by atoms with E-state index in [1.54, 1.807) is 24.3 Å². The van der Waals surface area contributed by atoms with Gasteiger partial charge in [0.2, 0.25) is 10.8 Å². The van der Waals surface area contributed by atoms with Crippen molar-refractivity contribution in [3.63, 3.8) is 0 Å². The Bertz CT molecular complexity index is 1030. The zero-order valence-corrected chi connectivity index (χ0v) is 17.1. The summed E-state index contributed by atoms with van der Waals surface area (Å²) in [6.07, 6.45) is 4.95. The predicted octanol–water partition coefficient (Wildman–Crippen LogP) is 4.85. The van der Waals surface area contributed by atoms with Crippen molar-refractivity contribution in [2.45, 2.75) is 27.7 Å². The van der Waals surface area contributed by atoms with Gasteiger partial charge in [0, 0.05) is 0 Å². The van der Waals surface area contributed by atoms with Gasteiger partial charge in [-0.05, 0) is 49.9 Å². The molecule has 0 saturated heterocycles. The number of aliphatic imine (C=N–C) groups is 2. The van der Waals surface area contributed by atoms with Gasteiger partial charge in [-0.25, -0.2) is 9.98 Å². The Morgan fingerprint density at radius 2 is 0.833 bits per heavy atom. The van der Waals surface area contributed by atoms with E-state index < -0.39 is 10.8 Å². The lowest BCUT2D eigenvalue weighted by Gasteiger charge is -2.22. The second-order valence-corrected chi connectivity index (χ2v) is 6.88. The van der Waals surface area contributed by atoms with Crippen LogP contribution in [0.4, 0.5) is 11.4 Å². The van der Waals surface area contributed by atoms with Crippen molar-refractivity contribution in [1.29, 1.82) is 21.0 Å². The number of hydrogen-bond donors (Lipinski definition) is 0. The molecule has 0 unspecified atom stereocenters. The molecule has 2 rings (SSSR count). The van der Waals surface area contributed by atoms with Crippen molar-refractivity contribution in [3.8, 4) is 24.3 Å². The molecule has 0 heterocycles. The van der Waals surface area contributed by atoms with E-state index in [1.165, 1.54) is 0 Å². The highest BCUT2D eigenvalue weighted by Crippen LogP contribution is 2.37. The van der Waals surface area contributed by atoms with E-state index in [9.17, 15) is 21.0 Å². The summed E-state index contributed by atoms with van der Waals surface area (Å²) in [5.41, 5.74) is -0.399. The summed E-state index contributed by atoms with van der Waals surface area (Å²) in [6, 6.07) is 18.0. The molecule has 0 spiro atoms. The number of rotatable bonds is 5. The molecular formula is C24H18N6. The van der Waals surface area contributed by atoms with Crippen LogP contribution in [0.5, 0.6) is 0 Å². The summed E-state index contributed by atoms with van der Waals surface area (Å²) in [4.78, 5) is 8.39. The first-order chi connectivity index (χ1) is 14.3. The van der Waals surface area contributed by atoms with E-state index in [2.05, 4.69) is 22.4 Å². The van der Waals surface area contributed by atoms with Crippen molar-refractivity contribution in [1.82, 2.24) is 0 Å². The molecule has 6 heteroatoms. The van der Waals surface area contributed by atoms with Crippen LogP contribution in [0.1, 0.15) is 22.3 Å². The van der Waals surface area contributed by atoms with Crippen LogP contribution < -0.4 is 0 Å². The first-order valence-electron chi connectivity index (χ1n) is 9.03. The summed E-state index contributed by atoms with van der Waals surface area (Å²) in [5.74, 6) is 0. The average molecular weight is 390 g/mol. The Kier molecular flexibility index (Phi) is 6.48. The van der Waals surface area contributed by atoms with E-state index in [0.717, 1.165) is 22.3 Å². The van der Waals surface area contributed by atoms with Gasteiger partial charge in [0.1, 0.15) is 12.4 Å². The van der Waals surface area contributed by atoms with Gasteiger partial charge < -0.3 is 0 Å². The number of para-hydroxylation sites is 2. The molecule has 30 heavy (non-hydrogen) atoms. The average Bonchev–Trinajstić information content (AvgIpc) is 2.74. The molecule has 0 atom stereocenters. The fraction of sp³-hybridized carbons (Fsp3) is 0.250. The summed E-state index contributed by atoms with van der Waals surface area (Å²) in [6.45, 7) is 7.29. The standard InChI is InChI=1S/C24H18N6/c1-17-7-5-8-18(2)21(17)29-15-23(11-25,12-26)24(13-27,14-28)16-30-22-19(3)9-6-10-20(22)4/h5-10H,1-4H3. The number of benzene rings is 2. The molecule has 6 nitrogen and oxygen atoms in total. The summed E-state index contributed by atoms with van der Waals surface area (Å²) in [5, 5.41) is 39.3. The third-order valence-corrected chi connectivity index (χ3v) is 4.78. The van der Waals surface area contributed by atoms with Crippen molar-refractivity contribution in [2.24, 2.45) is 20.8 Å². The van der Waals surface area contributed by atoms with Crippen LogP contribution in [0.25, 0.3) is 0 Å². The zero-order chi connectivity index (χ0) is 22.4. The van der Waals surface area contributed by atoms with Crippen LogP contribution in [0.15, 0.2) is 46.4 Å². The Balaban J connectivity index is 2.67. The lowest BCUT2D eigenvalue weighted by molar-refractivity contribution is 0.541. The van der Waals surface area contributed by atoms with Gasteiger partial charge in [-0.1, -0.05) is 36.4 Å². The van der Waals surface area contributed by atoms with Gasteiger partial charge in [-0.2, -0.15) is 21.0 Å². The third kappa shape index (κ3) is 3.81. The molecule has 2 radical (unpaired) electrons. The molecule has 0 aliphatic carbocycles. The van der Waals surface area contributed by atoms with E-state index in [-0.39, 0.29) is 0 Å². The topological polar surface area (TPSA) is 120 Å². The lowest BCUT2D eigenvalue weighted by Crippen LogP contribution is -2.41. The predicted molar refractivity (Wildman–Crippen MR) is 113 cm³/mol. The molecule has 2 aromatic carbocycles. The molecule has 0 N–H and O–H groups in total. The summed E-state index contributed by atoms with van der Waals surface area (Å²) < 4.78 is 0. The smallest absolute Gasteiger partial charge is 0.224 e. The molecule has 0 bridgehead atoms. The van der Waals surface area contributed by atoms with Gasteiger partial charge in [-0.3, -0.25) is 0 Å². The van der Waals surface area contributed by atoms with E-state index in [0.29, 0.717) is 11.4 Å². The fourth-order valence-corrected chi connectivity index (χ4v) is 2.90. The van der Waals surface area contributed by atoms with E-state index in [4.69, 9.17) is 0 Å². The maximum absolute atomic E-state index is 9.82. The second-order valence-electron chi connectivity index (χ2n) is 6.88. The summed E-state index contributed by atoms with van der Waals surface area (Å²) >= 11 is 0. The Labute approximate surface area is 176 Å². The number of nitrogens with zero attached hydrogens (tertiary/aromatic N) is 6. The first kappa shape index (κ1) is 22.0. The van der Waals surface area contributed by atoms with Gasteiger partial charge >= 0.3 is 0 Å². The van der Waals surface area contributed by atoms with Crippen molar-refractivity contribution >= 4 is 23.8 Å². The molecule has 0 aromatic heterocycles. The highest BCUT2D eigenvalue weighted by atomic mass is 14.8. The fourth-order valence-electron chi connectivity index (χ4n) is 2.90. The molecule has 0 aliphatic rings. The van der Waals surface area contributed by atoms with Gasteiger partial charge in [0.05, 0.1) is 35.7 Å². The van der Waals surface area contributed by atoms with Crippen LogP contribution in [0.2, 0.25) is 0 Å². The van der Waals surface area contributed by atoms with Crippen molar-refractivity contribution in [3.05, 3.63) is 58.7 Å². The lowest BCUT2D eigenvalue weighted by atomic mass is 9.67. The Morgan fingerprint density at radius 3 is 1.07 bits per heavy atom. The normalized spacial score (nSPS) is 11.6. The van der Waals surface area contributed by atoms with Crippen LogP contribution in [-0.4, -0.2) is 12.4 Å². The third-order valence-electron chi connectivity index (χ3n) is 4.78. The molecule has 0 aliphatic heterocycles. The minimum Gasteiger partial charge on any atom is -0.248 e. The van der Waals surface area contributed by atoms with E-state index >= 15 is 0 Å². The quantitative estimate of drug-likeness (QED) is 0.678. The maximum Gasteiger partial charge on any atom is 0.224 e. The van der Waals surface area contributed by atoms with Gasteiger partial charge in [-0.15, -0.1) is 0 Å². The zero-order valence-electron chi connectivity index (χ0n) is 17.1. The molecule has 144 valence electrons.